The van der Waals surface area contributed by atoms with E-state index in [-0.39, 0.29) is 5.54 Å². The number of methoxy groups -OCH3 is 1. The second-order valence-corrected chi connectivity index (χ2v) is 6.16. The number of halogens is 1. The summed E-state index contributed by atoms with van der Waals surface area (Å²) in [7, 11) is 1.68. The highest BCUT2D eigenvalue weighted by Crippen LogP contribution is 2.38. The van der Waals surface area contributed by atoms with Crippen molar-refractivity contribution in [2.75, 3.05) is 20.3 Å². The first-order valence-electron chi connectivity index (χ1n) is 6.82. The van der Waals surface area contributed by atoms with Crippen LogP contribution in [-0.2, 0) is 6.42 Å². The highest BCUT2D eigenvalue weighted by molar-refractivity contribution is 9.10. The summed E-state index contributed by atoms with van der Waals surface area (Å²) >= 11 is 3.58. The smallest absolute Gasteiger partial charge is 0.175 e. The maximum absolute atomic E-state index is 5.62. The van der Waals surface area contributed by atoms with Crippen LogP contribution in [0.25, 0.3) is 0 Å². The molecule has 1 unspecified atom stereocenters. The van der Waals surface area contributed by atoms with Gasteiger partial charge in [0.2, 0.25) is 0 Å². The van der Waals surface area contributed by atoms with Gasteiger partial charge >= 0.3 is 0 Å². The molecule has 0 bridgehead atoms. The number of benzene rings is 1. The predicted octanol–water partition coefficient (Wildman–Crippen LogP) is 3.54. The summed E-state index contributed by atoms with van der Waals surface area (Å²) in [5.41, 5.74) is 1.47. The summed E-state index contributed by atoms with van der Waals surface area (Å²) in [6, 6.07) is 4.22. The van der Waals surface area contributed by atoms with Gasteiger partial charge in [0.25, 0.3) is 0 Å². The van der Waals surface area contributed by atoms with E-state index in [0.29, 0.717) is 6.61 Å². The van der Waals surface area contributed by atoms with Crippen molar-refractivity contribution in [2.24, 2.45) is 0 Å². The molecule has 4 heteroatoms. The number of hydrogen-bond acceptors (Lipinski definition) is 3. The van der Waals surface area contributed by atoms with E-state index in [2.05, 4.69) is 40.3 Å². The minimum Gasteiger partial charge on any atom is -0.493 e. The Morgan fingerprint density at radius 3 is 2.79 bits per heavy atom. The van der Waals surface area contributed by atoms with Crippen LogP contribution in [0.4, 0.5) is 0 Å². The molecule has 0 aromatic heterocycles. The lowest BCUT2D eigenvalue weighted by Gasteiger charge is -2.25. The van der Waals surface area contributed by atoms with Crippen LogP contribution in [0.5, 0.6) is 11.5 Å². The monoisotopic (exact) mass is 327 g/mol. The maximum Gasteiger partial charge on any atom is 0.175 e. The molecular formula is C15H22BrNO2. The summed E-state index contributed by atoms with van der Waals surface area (Å²) in [6.07, 6.45) is 3.49. The first kappa shape index (κ1) is 14.7. The van der Waals surface area contributed by atoms with Crippen molar-refractivity contribution in [1.29, 1.82) is 0 Å². The number of rotatable bonds is 5. The Morgan fingerprint density at radius 2 is 2.21 bits per heavy atom. The number of ether oxygens (including phenoxy) is 2. The van der Waals surface area contributed by atoms with E-state index in [4.69, 9.17) is 9.47 Å². The average molecular weight is 328 g/mol. The molecule has 1 aromatic carbocycles. The van der Waals surface area contributed by atoms with E-state index in [9.17, 15) is 0 Å². The van der Waals surface area contributed by atoms with Gasteiger partial charge < -0.3 is 14.8 Å². The fourth-order valence-corrected chi connectivity index (χ4v) is 3.32. The molecule has 1 aliphatic heterocycles. The van der Waals surface area contributed by atoms with Crippen molar-refractivity contribution in [2.45, 2.75) is 38.6 Å². The lowest BCUT2D eigenvalue weighted by molar-refractivity contribution is 0.308. The topological polar surface area (TPSA) is 30.5 Å². The third-order valence-electron chi connectivity index (χ3n) is 3.63. The molecular weight excluding hydrogens is 306 g/mol. The molecule has 1 fully saturated rings. The van der Waals surface area contributed by atoms with Crippen LogP contribution in [0.1, 0.15) is 32.3 Å². The zero-order valence-electron chi connectivity index (χ0n) is 11.9. The maximum atomic E-state index is 5.62. The van der Waals surface area contributed by atoms with Crippen molar-refractivity contribution in [3.8, 4) is 11.5 Å². The number of hydrogen-bond donors (Lipinski definition) is 1. The molecule has 3 nitrogen and oxygen atoms in total. The Hall–Kier alpha value is -0.740. The zero-order chi connectivity index (χ0) is 13.9. The number of nitrogens with one attached hydrogen (secondary N) is 1. The van der Waals surface area contributed by atoms with Gasteiger partial charge in [-0.1, -0.05) is 0 Å². The molecule has 0 spiro atoms. The predicted molar refractivity (Wildman–Crippen MR) is 81.2 cm³/mol. The highest BCUT2D eigenvalue weighted by atomic mass is 79.9. The first-order chi connectivity index (χ1) is 9.08. The van der Waals surface area contributed by atoms with E-state index in [1.165, 1.54) is 18.4 Å². The normalized spacial score (nSPS) is 22.5. The fraction of sp³-hybridized carbons (Fsp3) is 0.600. The molecule has 1 aliphatic rings. The minimum absolute atomic E-state index is 0.206. The Labute approximate surface area is 123 Å². The molecule has 0 saturated carbocycles. The van der Waals surface area contributed by atoms with E-state index in [1.54, 1.807) is 7.11 Å². The van der Waals surface area contributed by atoms with Crippen molar-refractivity contribution < 1.29 is 9.47 Å². The second kappa shape index (κ2) is 6.14. The average Bonchev–Trinajstić information content (AvgIpc) is 2.79. The van der Waals surface area contributed by atoms with E-state index >= 15 is 0 Å². The standard InChI is InChI=1S/C15H22BrNO2/c1-4-19-14-12(16)8-11(9-13(14)18-3)10-15(2)6-5-7-17-15/h8-9,17H,4-7,10H2,1-3H3. The summed E-state index contributed by atoms with van der Waals surface area (Å²) in [5.74, 6) is 1.59. The molecule has 1 atom stereocenters. The molecule has 106 valence electrons. The van der Waals surface area contributed by atoms with Crippen LogP contribution in [-0.4, -0.2) is 25.8 Å². The van der Waals surface area contributed by atoms with E-state index < -0.39 is 0 Å². The quantitative estimate of drug-likeness (QED) is 0.897. The minimum atomic E-state index is 0.206. The van der Waals surface area contributed by atoms with Gasteiger partial charge in [0.05, 0.1) is 18.2 Å². The summed E-state index contributed by atoms with van der Waals surface area (Å²) in [5, 5.41) is 3.59. The summed E-state index contributed by atoms with van der Waals surface area (Å²) < 4.78 is 12.0. The van der Waals surface area contributed by atoms with Crippen LogP contribution in [0.15, 0.2) is 16.6 Å². The van der Waals surface area contributed by atoms with E-state index in [1.807, 2.05) is 6.92 Å². The van der Waals surface area contributed by atoms with Crippen molar-refractivity contribution in [3.05, 3.63) is 22.2 Å². The van der Waals surface area contributed by atoms with Crippen LogP contribution >= 0.6 is 15.9 Å². The van der Waals surface area contributed by atoms with Crippen LogP contribution in [0.3, 0.4) is 0 Å². The SMILES string of the molecule is CCOc1c(Br)cc(CC2(C)CCCN2)cc1OC. The molecule has 1 N–H and O–H groups in total. The van der Waals surface area contributed by atoms with Crippen LogP contribution in [0, 0.1) is 0 Å². The molecule has 2 rings (SSSR count). The Kier molecular flexibility index (Phi) is 4.74. The first-order valence-corrected chi connectivity index (χ1v) is 7.61. The fourth-order valence-electron chi connectivity index (χ4n) is 2.72. The summed E-state index contributed by atoms with van der Waals surface area (Å²) in [6.45, 7) is 6.01. The lowest BCUT2D eigenvalue weighted by atomic mass is 9.91. The lowest BCUT2D eigenvalue weighted by Crippen LogP contribution is -2.38. The van der Waals surface area contributed by atoms with Gasteiger partial charge in [-0.25, -0.2) is 0 Å². The van der Waals surface area contributed by atoms with Gasteiger partial charge in [-0.15, -0.1) is 0 Å². The van der Waals surface area contributed by atoms with Gasteiger partial charge in [-0.05, 0) is 73.3 Å². The molecule has 1 saturated heterocycles. The van der Waals surface area contributed by atoms with Gasteiger partial charge in [0.1, 0.15) is 0 Å². The van der Waals surface area contributed by atoms with Gasteiger partial charge in [-0.2, -0.15) is 0 Å². The Morgan fingerprint density at radius 1 is 1.42 bits per heavy atom. The van der Waals surface area contributed by atoms with E-state index in [0.717, 1.165) is 28.9 Å². The molecule has 19 heavy (non-hydrogen) atoms. The Balaban J connectivity index is 2.24. The van der Waals surface area contributed by atoms with Crippen molar-refractivity contribution in [1.82, 2.24) is 5.32 Å². The molecule has 1 heterocycles. The Bertz CT molecular complexity index is 442. The second-order valence-electron chi connectivity index (χ2n) is 5.31. The largest absolute Gasteiger partial charge is 0.493 e. The van der Waals surface area contributed by atoms with Crippen molar-refractivity contribution >= 4 is 15.9 Å². The van der Waals surface area contributed by atoms with Crippen molar-refractivity contribution in [3.63, 3.8) is 0 Å². The molecule has 1 aromatic rings. The third-order valence-corrected chi connectivity index (χ3v) is 4.22. The summed E-state index contributed by atoms with van der Waals surface area (Å²) in [4.78, 5) is 0. The molecule has 0 amide bonds. The molecule has 0 radical (unpaired) electrons. The van der Waals surface area contributed by atoms with Crippen LogP contribution in [0.2, 0.25) is 0 Å². The zero-order valence-corrected chi connectivity index (χ0v) is 13.5. The van der Waals surface area contributed by atoms with Gasteiger partial charge in [0.15, 0.2) is 11.5 Å². The van der Waals surface area contributed by atoms with Gasteiger partial charge in [-0.3, -0.25) is 0 Å². The molecule has 0 aliphatic carbocycles. The highest BCUT2D eigenvalue weighted by Gasteiger charge is 2.28. The third kappa shape index (κ3) is 3.42. The van der Waals surface area contributed by atoms with Gasteiger partial charge in [0, 0.05) is 5.54 Å². The van der Waals surface area contributed by atoms with Crippen LogP contribution < -0.4 is 14.8 Å².